The van der Waals surface area contributed by atoms with E-state index in [0.717, 1.165) is 4.88 Å². The van der Waals surface area contributed by atoms with Crippen molar-refractivity contribution in [3.8, 4) is 0 Å². The minimum absolute atomic E-state index is 0.0314. The molecule has 0 aliphatic rings. The molecule has 1 rings (SSSR count). The summed E-state index contributed by atoms with van der Waals surface area (Å²) in [6.07, 6.45) is -0.0314. The lowest BCUT2D eigenvalue weighted by Gasteiger charge is -2.26. The number of hydrogen-bond donors (Lipinski definition) is 1. The molecule has 0 aliphatic carbocycles. The van der Waals surface area contributed by atoms with E-state index in [1.165, 1.54) is 11.3 Å². The van der Waals surface area contributed by atoms with E-state index < -0.39 is 5.97 Å². The maximum Gasteiger partial charge on any atom is 0.305 e. The summed E-state index contributed by atoms with van der Waals surface area (Å²) in [5.41, 5.74) is 0. The monoisotopic (exact) mass is 317 g/mol. The molecular formula is C14H20ClNO3S. The Labute approximate surface area is 128 Å². The van der Waals surface area contributed by atoms with E-state index >= 15 is 0 Å². The predicted molar refractivity (Wildman–Crippen MR) is 81.4 cm³/mol. The van der Waals surface area contributed by atoms with Gasteiger partial charge in [0, 0.05) is 18.0 Å². The number of amides is 1. The molecule has 0 spiro atoms. The van der Waals surface area contributed by atoms with Gasteiger partial charge in [0.05, 0.1) is 16.7 Å². The fraction of sp³-hybridized carbons (Fsp3) is 0.571. The second-order valence-electron chi connectivity index (χ2n) is 5.19. The van der Waals surface area contributed by atoms with Crippen LogP contribution in [-0.2, 0) is 9.59 Å². The summed E-state index contributed by atoms with van der Waals surface area (Å²) in [6, 6.07) is 3.62. The molecule has 1 amide bonds. The van der Waals surface area contributed by atoms with Crippen molar-refractivity contribution in [2.45, 2.75) is 33.1 Å². The van der Waals surface area contributed by atoms with Crippen molar-refractivity contribution in [3.05, 3.63) is 21.3 Å². The van der Waals surface area contributed by atoms with Gasteiger partial charge in [-0.1, -0.05) is 25.4 Å². The maximum absolute atomic E-state index is 12.5. The van der Waals surface area contributed by atoms with Crippen LogP contribution < -0.4 is 0 Å². The highest BCUT2D eigenvalue weighted by Gasteiger charge is 2.24. The van der Waals surface area contributed by atoms with Crippen molar-refractivity contribution in [3.63, 3.8) is 0 Å². The summed E-state index contributed by atoms with van der Waals surface area (Å²) >= 11 is 7.28. The molecule has 1 atom stereocenters. The predicted octanol–water partition coefficient (Wildman–Crippen LogP) is 3.46. The Bertz CT molecular complexity index is 473. The molecule has 0 aliphatic heterocycles. The zero-order valence-corrected chi connectivity index (χ0v) is 13.5. The first kappa shape index (κ1) is 17.0. The first-order valence-corrected chi connectivity index (χ1v) is 7.76. The lowest BCUT2D eigenvalue weighted by molar-refractivity contribution is -0.139. The van der Waals surface area contributed by atoms with Gasteiger partial charge in [-0.05, 0) is 25.0 Å². The Morgan fingerprint density at radius 1 is 1.35 bits per heavy atom. The van der Waals surface area contributed by atoms with Crippen molar-refractivity contribution in [2.24, 2.45) is 5.92 Å². The van der Waals surface area contributed by atoms with Gasteiger partial charge in [-0.15, -0.1) is 11.3 Å². The fourth-order valence-corrected chi connectivity index (χ4v) is 3.02. The van der Waals surface area contributed by atoms with Crippen molar-refractivity contribution < 1.29 is 14.7 Å². The molecule has 1 aromatic rings. The van der Waals surface area contributed by atoms with E-state index in [1.54, 1.807) is 11.0 Å². The Morgan fingerprint density at radius 3 is 2.45 bits per heavy atom. The van der Waals surface area contributed by atoms with E-state index in [4.69, 9.17) is 16.7 Å². The highest BCUT2D eigenvalue weighted by Crippen LogP contribution is 2.29. The summed E-state index contributed by atoms with van der Waals surface area (Å²) in [5, 5.41) is 8.78. The average Bonchev–Trinajstić information content (AvgIpc) is 2.78. The normalized spacial score (nSPS) is 12.4. The third-order valence-corrected chi connectivity index (χ3v) is 4.30. The van der Waals surface area contributed by atoms with Crippen LogP contribution >= 0.6 is 22.9 Å². The molecule has 20 heavy (non-hydrogen) atoms. The molecule has 0 saturated carbocycles. The van der Waals surface area contributed by atoms with Gasteiger partial charge in [-0.25, -0.2) is 0 Å². The van der Waals surface area contributed by atoms with Crippen LogP contribution in [0.5, 0.6) is 0 Å². The van der Waals surface area contributed by atoms with Crippen molar-refractivity contribution >= 4 is 34.8 Å². The molecule has 0 aromatic carbocycles. The molecule has 1 N–H and O–H groups in total. The van der Waals surface area contributed by atoms with Crippen LogP contribution in [0.2, 0.25) is 4.34 Å². The fourth-order valence-electron chi connectivity index (χ4n) is 1.92. The SMILES string of the molecule is CC(C)CN(CCC(=O)O)C(=O)C(C)c1ccc(Cl)s1. The van der Waals surface area contributed by atoms with Gasteiger partial charge in [0.15, 0.2) is 0 Å². The molecule has 0 bridgehead atoms. The number of thiophene rings is 1. The van der Waals surface area contributed by atoms with E-state index in [2.05, 4.69) is 0 Å². The van der Waals surface area contributed by atoms with E-state index in [-0.39, 0.29) is 24.8 Å². The zero-order valence-electron chi connectivity index (χ0n) is 11.9. The van der Waals surface area contributed by atoms with Crippen molar-refractivity contribution in [1.82, 2.24) is 4.90 Å². The van der Waals surface area contributed by atoms with Gasteiger partial charge in [-0.2, -0.15) is 0 Å². The molecule has 0 fully saturated rings. The third kappa shape index (κ3) is 5.13. The summed E-state index contributed by atoms with van der Waals surface area (Å²) in [6.45, 7) is 6.66. The Balaban J connectivity index is 2.77. The van der Waals surface area contributed by atoms with E-state index in [0.29, 0.717) is 16.8 Å². The van der Waals surface area contributed by atoms with Gasteiger partial charge in [0.2, 0.25) is 5.91 Å². The molecule has 1 aromatic heterocycles. The van der Waals surface area contributed by atoms with Crippen LogP contribution in [0.15, 0.2) is 12.1 Å². The number of carbonyl (C=O) groups excluding carboxylic acids is 1. The highest BCUT2D eigenvalue weighted by molar-refractivity contribution is 7.16. The molecular weight excluding hydrogens is 298 g/mol. The standard InChI is InChI=1S/C14H20ClNO3S/c1-9(2)8-16(7-6-13(17)18)14(19)10(3)11-4-5-12(15)20-11/h4-5,9-10H,6-8H2,1-3H3,(H,17,18). The number of nitrogens with zero attached hydrogens (tertiary/aromatic N) is 1. The number of carbonyl (C=O) groups is 2. The number of carboxylic acid groups (broad SMARTS) is 1. The Hall–Kier alpha value is -1.07. The van der Waals surface area contributed by atoms with Crippen LogP contribution in [0.1, 0.15) is 38.0 Å². The minimum Gasteiger partial charge on any atom is -0.481 e. The third-order valence-electron chi connectivity index (χ3n) is 2.88. The van der Waals surface area contributed by atoms with Crippen LogP contribution in [0.4, 0.5) is 0 Å². The summed E-state index contributed by atoms with van der Waals surface area (Å²) in [4.78, 5) is 25.7. The quantitative estimate of drug-likeness (QED) is 0.837. The minimum atomic E-state index is -0.890. The van der Waals surface area contributed by atoms with E-state index in [1.807, 2.05) is 26.8 Å². The summed E-state index contributed by atoms with van der Waals surface area (Å²) in [5.74, 6) is -0.927. The van der Waals surface area contributed by atoms with Crippen LogP contribution in [0, 0.1) is 5.92 Å². The number of halogens is 1. The van der Waals surface area contributed by atoms with Crippen LogP contribution in [0.25, 0.3) is 0 Å². The zero-order chi connectivity index (χ0) is 15.3. The van der Waals surface area contributed by atoms with Gasteiger partial charge in [-0.3, -0.25) is 9.59 Å². The van der Waals surface area contributed by atoms with Crippen LogP contribution in [0.3, 0.4) is 0 Å². The summed E-state index contributed by atoms with van der Waals surface area (Å²) in [7, 11) is 0. The number of rotatable bonds is 7. The number of carboxylic acids is 1. The summed E-state index contributed by atoms with van der Waals surface area (Å²) < 4.78 is 0.653. The lowest BCUT2D eigenvalue weighted by Crippen LogP contribution is -2.38. The lowest BCUT2D eigenvalue weighted by atomic mass is 10.1. The largest absolute Gasteiger partial charge is 0.481 e. The molecule has 112 valence electrons. The van der Waals surface area contributed by atoms with Gasteiger partial charge >= 0.3 is 5.97 Å². The molecule has 1 heterocycles. The second kappa shape index (κ2) is 7.64. The van der Waals surface area contributed by atoms with Crippen LogP contribution in [-0.4, -0.2) is 35.0 Å². The topological polar surface area (TPSA) is 57.6 Å². The van der Waals surface area contributed by atoms with Crippen molar-refractivity contribution in [1.29, 1.82) is 0 Å². The Morgan fingerprint density at radius 2 is 2.00 bits per heavy atom. The molecule has 6 heteroatoms. The smallest absolute Gasteiger partial charge is 0.305 e. The number of hydrogen-bond acceptors (Lipinski definition) is 3. The Kier molecular flexibility index (Phi) is 6.49. The van der Waals surface area contributed by atoms with Gasteiger partial charge in [0.25, 0.3) is 0 Å². The van der Waals surface area contributed by atoms with E-state index in [9.17, 15) is 9.59 Å². The van der Waals surface area contributed by atoms with Crippen molar-refractivity contribution in [2.75, 3.05) is 13.1 Å². The van der Waals surface area contributed by atoms with Gasteiger partial charge < -0.3 is 10.0 Å². The first-order chi connectivity index (χ1) is 9.31. The second-order valence-corrected chi connectivity index (χ2v) is 6.93. The number of aliphatic carboxylic acids is 1. The molecule has 4 nitrogen and oxygen atoms in total. The highest BCUT2D eigenvalue weighted by atomic mass is 35.5. The van der Waals surface area contributed by atoms with Gasteiger partial charge in [0.1, 0.15) is 0 Å². The maximum atomic E-state index is 12.5. The first-order valence-electron chi connectivity index (χ1n) is 6.57. The average molecular weight is 318 g/mol. The molecule has 0 saturated heterocycles. The molecule has 0 radical (unpaired) electrons. The molecule has 1 unspecified atom stereocenters.